The molecule has 0 bridgehead atoms. The number of hydrogen-bond acceptors (Lipinski definition) is 3. The standard InChI is InChI=1S/C12H12BrNO2/c1-3-16-12(15)11-4-8(2)10(7-14)5-9(11)6-13/h4-5H,3,6H2,1-2H3. The van der Waals surface area contributed by atoms with E-state index in [1.165, 1.54) is 0 Å². The fraction of sp³-hybridized carbons (Fsp3) is 0.333. The summed E-state index contributed by atoms with van der Waals surface area (Å²) in [6.45, 7) is 3.92. The van der Waals surface area contributed by atoms with Crippen LogP contribution in [0.4, 0.5) is 0 Å². The number of rotatable bonds is 3. The van der Waals surface area contributed by atoms with E-state index in [4.69, 9.17) is 10.00 Å². The Morgan fingerprint density at radius 3 is 2.75 bits per heavy atom. The highest BCUT2D eigenvalue weighted by Gasteiger charge is 2.14. The number of ether oxygens (including phenoxy) is 1. The van der Waals surface area contributed by atoms with E-state index >= 15 is 0 Å². The van der Waals surface area contributed by atoms with Crippen molar-refractivity contribution in [2.75, 3.05) is 6.61 Å². The number of nitriles is 1. The molecule has 0 aromatic heterocycles. The van der Waals surface area contributed by atoms with Gasteiger partial charge in [-0.05, 0) is 37.1 Å². The van der Waals surface area contributed by atoms with Gasteiger partial charge in [0.2, 0.25) is 0 Å². The Bertz CT molecular complexity index is 449. The highest BCUT2D eigenvalue weighted by atomic mass is 79.9. The second-order valence-corrected chi connectivity index (χ2v) is 3.85. The molecule has 0 aliphatic rings. The van der Waals surface area contributed by atoms with Crippen LogP contribution in [0.5, 0.6) is 0 Å². The molecule has 0 aliphatic heterocycles. The number of carbonyl (C=O) groups excluding carboxylic acids is 1. The van der Waals surface area contributed by atoms with Gasteiger partial charge in [0.25, 0.3) is 0 Å². The van der Waals surface area contributed by atoms with Crippen molar-refractivity contribution in [2.45, 2.75) is 19.2 Å². The molecular weight excluding hydrogens is 270 g/mol. The Morgan fingerprint density at radius 1 is 1.56 bits per heavy atom. The maximum atomic E-state index is 11.7. The fourth-order valence-electron chi connectivity index (χ4n) is 1.38. The summed E-state index contributed by atoms with van der Waals surface area (Å²) in [4.78, 5) is 11.7. The zero-order valence-corrected chi connectivity index (χ0v) is 10.8. The van der Waals surface area contributed by atoms with Crippen LogP contribution in [0.2, 0.25) is 0 Å². The molecule has 0 N–H and O–H groups in total. The van der Waals surface area contributed by atoms with Gasteiger partial charge in [-0.2, -0.15) is 5.26 Å². The monoisotopic (exact) mass is 281 g/mol. The molecule has 0 spiro atoms. The number of halogens is 1. The average molecular weight is 282 g/mol. The summed E-state index contributed by atoms with van der Waals surface area (Å²) in [7, 11) is 0. The van der Waals surface area contributed by atoms with E-state index in [2.05, 4.69) is 22.0 Å². The van der Waals surface area contributed by atoms with Crippen molar-refractivity contribution in [2.24, 2.45) is 0 Å². The second kappa shape index (κ2) is 5.66. The van der Waals surface area contributed by atoms with Crippen molar-refractivity contribution in [3.8, 4) is 6.07 Å². The summed E-state index contributed by atoms with van der Waals surface area (Å²) >= 11 is 3.30. The number of hydrogen-bond donors (Lipinski definition) is 0. The Labute approximate surface area is 103 Å². The van der Waals surface area contributed by atoms with Crippen molar-refractivity contribution in [3.05, 3.63) is 34.4 Å². The normalized spacial score (nSPS) is 9.62. The molecule has 0 heterocycles. The molecule has 4 heteroatoms. The quantitative estimate of drug-likeness (QED) is 0.632. The minimum atomic E-state index is -0.343. The summed E-state index contributed by atoms with van der Waals surface area (Å²) in [5.74, 6) is -0.343. The Morgan fingerprint density at radius 2 is 2.25 bits per heavy atom. The predicted octanol–water partition coefficient (Wildman–Crippen LogP) is 2.94. The van der Waals surface area contributed by atoms with Crippen LogP contribution in [0.25, 0.3) is 0 Å². The molecule has 0 saturated carbocycles. The van der Waals surface area contributed by atoms with Crippen LogP contribution in [-0.2, 0) is 10.1 Å². The Hall–Kier alpha value is -1.34. The third-order valence-corrected chi connectivity index (χ3v) is 2.81. The molecule has 0 amide bonds. The van der Waals surface area contributed by atoms with Gasteiger partial charge in [-0.1, -0.05) is 15.9 Å². The van der Waals surface area contributed by atoms with Crippen LogP contribution in [-0.4, -0.2) is 12.6 Å². The van der Waals surface area contributed by atoms with Gasteiger partial charge in [0.1, 0.15) is 0 Å². The first-order valence-electron chi connectivity index (χ1n) is 4.90. The summed E-state index contributed by atoms with van der Waals surface area (Å²) < 4.78 is 4.96. The average Bonchev–Trinajstić information content (AvgIpc) is 2.29. The lowest BCUT2D eigenvalue weighted by Gasteiger charge is -2.09. The van der Waals surface area contributed by atoms with E-state index in [-0.39, 0.29) is 5.97 Å². The number of nitrogens with zero attached hydrogens (tertiary/aromatic N) is 1. The van der Waals surface area contributed by atoms with Crippen molar-refractivity contribution in [1.82, 2.24) is 0 Å². The smallest absolute Gasteiger partial charge is 0.338 e. The van der Waals surface area contributed by atoms with Gasteiger partial charge < -0.3 is 4.74 Å². The lowest BCUT2D eigenvalue weighted by atomic mass is 10.0. The lowest BCUT2D eigenvalue weighted by Crippen LogP contribution is -2.08. The highest BCUT2D eigenvalue weighted by molar-refractivity contribution is 9.08. The lowest BCUT2D eigenvalue weighted by molar-refractivity contribution is 0.0525. The topological polar surface area (TPSA) is 50.1 Å². The molecule has 0 atom stereocenters. The molecule has 1 aromatic rings. The van der Waals surface area contributed by atoms with Gasteiger partial charge in [0.05, 0.1) is 23.8 Å². The molecule has 0 fully saturated rings. The predicted molar refractivity (Wildman–Crippen MR) is 64.5 cm³/mol. The van der Waals surface area contributed by atoms with Gasteiger partial charge in [-0.15, -0.1) is 0 Å². The molecule has 1 rings (SSSR count). The first kappa shape index (κ1) is 12.7. The minimum absolute atomic E-state index is 0.343. The maximum Gasteiger partial charge on any atom is 0.338 e. The molecule has 0 unspecified atom stereocenters. The van der Waals surface area contributed by atoms with Crippen LogP contribution in [0.1, 0.15) is 34.0 Å². The summed E-state index contributed by atoms with van der Waals surface area (Å²) in [6, 6.07) is 5.52. The molecule has 0 radical (unpaired) electrons. The van der Waals surface area contributed by atoms with Gasteiger partial charge in [-0.3, -0.25) is 0 Å². The molecule has 84 valence electrons. The van der Waals surface area contributed by atoms with Gasteiger partial charge in [0, 0.05) is 5.33 Å². The Balaban J connectivity index is 3.24. The van der Waals surface area contributed by atoms with Crippen molar-refractivity contribution in [3.63, 3.8) is 0 Å². The zero-order chi connectivity index (χ0) is 12.1. The molecule has 3 nitrogen and oxygen atoms in total. The number of esters is 1. The first-order chi connectivity index (χ1) is 7.63. The van der Waals surface area contributed by atoms with E-state index in [1.807, 2.05) is 0 Å². The van der Waals surface area contributed by atoms with Gasteiger partial charge in [-0.25, -0.2) is 4.79 Å². The molecule has 0 aliphatic carbocycles. The van der Waals surface area contributed by atoms with Crippen LogP contribution < -0.4 is 0 Å². The molecular formula is C12H12BrNO2. The van der Waals surface area contributed by atoms with Crippen molar-refractivity contribution in [1.29, 1.82) is 5.26 Å². The largest absolute Gasteiger partial charge is 0.462 e. The van der Waals surface area contributed by atoms with E-state index in [9.17, 15) is 4.79 Å². The number of carbonyl (C=O) groups is 1. The van der Waals surface area contributed by atoms with Gasteiger partial charge >= 0.3 is 5.97 Å². The van der Waals surface area contributed by atoms with E-state index in [0.717, 1.165) is 11.1 Å². The summed E-state index contributed by atoms with van der Waals surface area (Å²) in [5.41, 5.74) is 2.67. The van der Waals surface area contributed by atoms with Crippen molar-refractivity contribution >= 4 is 21.9 Å². The van der Waals surface area contributed by atoms with Gasteiger partial charge in [0.15, 0.2) is 0 Å². The molecule has 1 aromatic carbocycles. The Kier molecular flexibility index (Phi) is 4.51. The third kappa shape index (κ3) is 2.61. The van der Waals surface area contributed by atoms with Crippen LogP contribution in [0.3, 0.4) is 0 Å². The van der Waals surface area contributed by atoms with E-state index in [1.54, 1.807) is 26.0 Å². The summed E-state index contributed by atoms with van der Waals surface area (Å²) in [6.07, 6.45) is 0. The number of aryl methyl sites for hydroxylation is 1. The maximum absolute atomic E-state index is 11.7. The fourth-order valence-corrected chi connectivity index (χ4v) is 1.85. The molecule has 16 heavy (non-hydrogen) atoms. The number of benzene rings is 1. The van der Waals surface area contributed by atoms with Crippen LogP contribution in [0.15, 0.2) is 12.1 Å². The molecule has 0 saturated heterocycles. The first-order valence-corrected chi connectivity index (χ1v) is 6.02. The minimum Gasteiger partial charge on any atom is -0.462 e. The zero-order valence-electron chi connectivity index (χ0n) is 9.21. The van der Waals surface area contributed by atoms with Crippen molar-refractivity contribution < 1.29 is 9.53 Å². The van der Waals surface area contributed by atoms with Crippen LogP contribution >= 0.6 is 15.9 Å². The summed E-state index contributed by atoms with van der Waals surface area (Å²) in [5, 5.41) is 9.41. The van der Waals surface area contributed by atoms with E-state index < -0.39 is 0 Å². The number of alkyl halides is 1. The van der Waals surface area contributed by atoms with E-state index in [0.29, 0.717) is 23.1 Å². The third-order valence-electron chi connectivity index (χ3n) is 2.21. The SMILES string of the molecule is CCOC(=O)c1cc(C)c(C#N)cc1CBr. The highest BCUT2D eigenvalue weighted by Crippen LogP contribution is 2.19. The van der Waals surface area contributed by atoms with Crippen LogP contribution in [0, 0.1) is 18.3 Å². The second-order valence-electron chi connectivity index (χ2n) is 3.29.